The van der Waals surface area contributed by atoms with Crippen LogP contribution in [0.25, 0.3) is 16.5 Å². The Balaban J connectivity index is 2.48. The maximum Gasteiger partial charge on any atom is 0.264 e. The number of ether oxygens (including phenoxy) is 1. The number of nitrogens with zero attached hydrogens (tertiary/aromatic N) is 1. The zero-order valence-electron chi connectivity index (χ0n) is 12.9. The Hall–Kier alpha value is -2.30. The van der Waals surface area contributed by atoms with Crippen molar-refractivity contribution in [2.45, 2.75) is 13.0 Å². The summed E-state index contributed by atoms with van der Waals surface area (Å²) in [5.41, 5.74) is 7.25. The van der Waals surface area contributed by atoms with E-state index in [1.165, 1.54) is 0 Å². The summed E-state index contributed by atoms with van der Waals surface area (Å²) in [6.45, 7) is 1.84. The van der Waals surface area contributed by atoms with Gasteiger partial charge in [-0.3, -0.25) is 9.36 Å². The summed E-state index contributed by atoms with van der Waals surface area (Å²) < 4.78 is 6.98. The van der Waals surface area contributed by atoms with Crippen molar-refractivity contribution in [1.29, 1.82) is 0 Å². The first-order valence-electron chi connectivity index (χ1n) is 7.27. The van der Waals surface area contributed by atoms with Gasteiger partial charge in [0.25, 0.3) is 5.56 Å². The van der Waals surface area contributed by atoms with Gasteiger partial charge in [0.05, 0.1) is 23.2 Å². The van der Waals surface area contributed by atoms with Gasteiger partial charge in [-0.05, 0) is 36.6 Å². The lowest BCUT2D eigenvalue weighted by Gasteiger charge is -2.19. The summed E-state index contributed by atoms with van der Waals surface area (Å²) >= 11 is 6.25. The van der Waals surface area contributed by atoms with Crippen molar-refractivity contribution in [2.75, 3.05) is 7.11 Å². The highest BCUT2D eigenvalue weighted by atomic mass is 35.5. The Kier molecular flexibility index (Phi) is 4.11. The predicted octanol–water partition coefficient (Wildman–Crippen LogP) is 3.67. The number of hydrogen-bond donors (Lipinski definition) is 1. The van der Waals surface area contributed by atoms with E-state index < -0.39 is 0 Å². The first kappa shape index (κ1) is 15.6. The second-order valence-electron chi connectivity index (χ2n) is 5.37. The van der Waals surface area contributed by atoms with Gasteiger partial charge in [0.2, 0.25) is 0 Å². The highest BCUT2D eigenvalue weighted by Crippen LogP contribution is 2.28. The van der Waals surface area contributed by atoms with Gasteiger partial charge in [-0.25, -0.2) is 0 Å². The quantitative estimate of drug-likeness (QED) is 0.798. The van der Waals surface area contributed by atoms with Crippen molar-refractivity contribution >= 4 is 22.4 Å². The minimum atomic E-state index is -0.323. The third-order valence-corrected chi connectivity index (χ3v) is 4.13. The average molecular weight is 329 g/mol. The molecule has 0 amide bonds. The van der Waals surface area contributed by atoms with Crippen LogP contribution >= 0.6 is 11.6 Å². The standard InChI is InChI=1S/C18H17ClN2O2/c1-11(20)15-10-12-6-5-7-13(19)17(12)18(22)21(15)14-8-3-4-9-16(14)23-2/h3-11H,20H2,1-2H3. The van der Waals surface area contributed by atoms with E-state index >= 15 is 0 Å². The van der Waals surface area contributed by atoms with Gasteiger partial charge in [0.1, 0.15) is 5.75 Å². The van der Waals surface area contributed by atoms with Gasteiger partial charge in [0.15, 0.2) is 0 Å². The summed E-state index contributed by atoms with van der Waals surface area (Å²) in [5.74, 6) is 0.600. The van der Waals surface area contributed by atoms with Crippen LogP contribution in [0, 0.1) is 0 Å². The summed E-state index contributed by atoms with van der Waals surface area (Å²) in [7, 11) is 1.57. The molecular weight excluding hydrogens is 312 g/mol. The molecule has 1 atom stereocenters. The minimum Gasteiger partial charge on any atom is -0.495 e. The van der Waals surface area contributed by atoms with Crippen LogP contribution in [-0.2, 0) is 0 Å². The molecule has 0 spiro atoms. The summed E-state index contributed by atoms with van der Waals surface area (Å²) in [5, 5.41) is 1.68. The zero-order valence-corrected chi connectivity index (χ0v) is 13.7. The maximum absolute atomic E-state index is 13.1. The Morgan fingerprint density at radius 1 is 1.17 bits per heavy atom. The van der Waals surface area contributed by atoms with Crippen LogP contribution in [0.5, 0.6) is 5.75 Å². The molecule has 2 N–H and O–H groups in total. The molecule has 0 bridgehead atoms. The number of para-hydroxylation sites is 2. The van der Waals surface area contributed by atoms with Gasteiger partial charge in [-0.2, -0.15) is 0 Å². The van der Waals surface area contributed by atoms with Crippen LogP contribution in [0.4, 0.5) is 0 Å². The number of hydrogen-bond acceptors (Lipinski definition) is 3. The van der Waals surface area contributed by atoms with Crippen LogP contribution in [-0.4, -0.2) is 11.7 Å². The molecular formula is C18H17ClN2O2. The van der Waals surface area contributed by atoms with Crippen molar-refractivity contribution in [3.05, 3.63) is 69.6 Å². The molecule has 0 fully saturated rings. The van der Waals surface area contributed by atoms with E-state index in [9.17, 15) is 4.79 Å². The number of rotatable bonds is 3. The fourth-order valence-electron chi connectivity index (χ4n) is 2.74. The van der Waals surface area contributed by atoms with Gasteiger partial charge < -0.3 is 10.5 Å². The smallest absolute Gasteiger partial charge is 0.264 e. The van der Waals surface area contributed by atoms with Crippen molar-refractivity contribution in [1.82, 2.24) is 4.57 Å². The van der Waals surface area contributed by atoms with Crippen molar-refractivity contribution in [3.63, 3.8) is 0 Å². The number of nitrogens with two attached hydrogens (primary N) is 1. The van der Waals surface area contributed by atoms with Gasteiger partial charge in [0, 0.05) is 11.7 Å². The molecule has 3 aromatic rings. The Labute approximate surface area is 139 Å². The largest absolute Gasteiger partial charge is 0.495 e. The van der Waals surface area contributed by atoms with E-state index in [4.69, 9.17) is 22.1 Å². The lowest BCUT2D eigenvalue weighted by atomic mass is 10.1. The van der Waals surface area contributed by atoms with Crippen LogP contribution < -0.4 is 16.0 Å². The molecule has 0 aliphatic heterocycles. The third kappa shape index (κ3) is 2.60. The van der Waals surface area contributed by atoms with Crippen molar-refractivity contribution in [3.8, 4) is 11.4 Å². The summed E-state index contributed by atoms with van der Waals surface area (Å²) in [6.07, 6.45) is 0. The molecule has 0 aliphatic rings. The fraction of sp³-hybridized carbons (Fsp3) is 0.167. The molecule has 0 saturated carbocycles. The molecule has 3 rings (SSSR count). The molecule has 23 heavy (non-hydrogen) atoms. The molecule has 2 aromatic carbocycles. The lowest BCUT2D eigenvalue weighted by Crippen LogP contribution is -2.26. The molecule has 1 unspecified atom stereocenters. The monoisotopic (exact) mass is 328 g/mol. The van der Waals surface area contributed by atoms with E-state index in [1.807, 2.05) is 49.4 Å². The van der Waals surface area contributed by atoms with Gasteiger partial charge in [-0.15, -0.1) is 0 Å². The number of methoxy groups -OCH3 is 1. The SMILES string of the molecule is COc1ccccc1-n1c(C(C)N)cc2cccc(Cl)c2c1=O. The first-order chi connectivity index (χ1) is 11.0. The van der Waals surface area contributed by atoms with E-state index in [2.05, 4.69) is 0 Å². The van der Waals surface area contributed by atoms with Crippen LogP contribution in [0.2, 0.25) is 5.02 Å². The van der Waals surface area contributed by atoms with E-state index in [-0.39, 0.29) is 11.6 Å². The fourth-order valence-corrected chi connectivity index (χ4v) is 3.00. The number of halogens is 1. The highest BCUT2D eigenvalue weighted by molar-refractivity contribution is 6.35. The van der Waals surface area contributed by atoms with Gasteiger partial charge >= 0.3 is 0 Å². The number of benzene rings is 2. The molecule has 4 nitrogen and oxygen atoms in total. The van der Waals surface area contributed by atoms with E-state index in [0.29, 0.717) is 27.5 Å². The molecule has 0 aliphatic carbocycles. The summed E-state index contributed by atoms with van der Waals surface area (Å²) in [6, 6.07) is 14.3. The molecule has 0 radical (unpaired) electrons. The molecule has 1 heterocycles. The lowest BCUT2D eigenvalue weighted by molar-refractivity contribution is 0.412. The highest BCUT2D eigenvalue weighted by Gasteiger charge is 2.17. The maximum atomic E-state index is 13.1. The predicted molar refractivity (Wildman–Crippen MR) is 93.7 cm³/mol. The second kappa shape index (κ2) is 6.07. The molecule has 118 valence electrons. The molecule has 1 aromatic heterocycles. The van der Waals surface area contributed by atoms with Crippen molar-refractivity contribution < 1.29 is 4.74 Å². The van der Waals surface area contributed by atoms with Crippen molar-refractivity contribution in [2.24, 2.45) is 5.73 Å². The van der Waals surface area contributed by atoms with Crippen LogP contribution in [0.3, 0.4) is 0 Å². The zero-order chi connectivity index (χ0) is 16.6. The van der Waals surface area contributed by atoms with Crippen LogP contribution in [0.1, 0.15) is 18.7 Å². The Morgan fingerprint density at radius 3 is 2.61 bits per heavy atom. The average Bonchev–Trinajstić information content (AvgIpc) is 2.54. The van der Waals surface area contributed by atoms with Gasteiger partial charge in [-0.1, -0.05) is 35.9 Å². The second-order valence-corrected chi connectivity index (χ2v) is 5.78. The normalized spacial score (nSPS) is 12.3. The topological polar surface area (TPSA) is 57.2 Å². The number of fused-ring (bicyclic) bond motifs is 1. The Bertz CT molecular complexity index is 932. The Morgan fingerprint density at radius 2 is 1.91 bits per heavy atom. The van der Waals surface area contributed by atoms with E-state index in [1.54, 1.807) is 17.7 Å². The number of pyridine rings is 1. The van der Waals surface area contributed by atoms with Crippen LogP contribution in [0.15, 0.2) is 53.3 Å². The molecule has 5 heteroatoms. The number of aromatic nitrogens is 1. The summed E-state index contributed by atoms with van der Waals surface area (Å²) in [4.78, 5) is 13.1. The third-order valence-electron chi connectivity index (χ3n) is 3.82. The minimum absolute atomic E-state index is 0.204. The molecule has 0 saturated heterocycles. The van der Waals surface area contributed by atoms with E-state index in [0.717, 1.165) is 5.39 Å². The first-order valence-corrected chi connectivity index (χ1v) is 7.65.